The van der Waals surface area contributed by atoms with Gasteiger partial charge in [-0.1, -0.05) is 104 Å². The largest absolute Gasteiger partial charge is 0.493 e. The Morgan fingerprint density at radius 2 is 1.42 bits per heavy atom. The van der Waals surface area contributed by atoms with Crippen LogP contribution in [0.25, 0.3) is 22.4 Å². The van der Waals surface area contributed by atoms with Crippen molar-refractivity contribution in [2.45, 2.75) is 135 Å². The summed E-state index contributed by atoms with van der Waals surface area (Å²) < 4.78 is 35.4. The number of ether oxygens (including phenoxy) is 1. The lowest BCUT2D eigenvalue weighted by molar-refractivity contribution is -0.137. The number of rotatable bonds is 22. The van der Waals surface area contributed by atoms with E-state index in [0.717, 1.165) is 25.0 Å². The van der Waals surface area contributed by atoms with Gasteiger partial charge in [-0.15, -0.1) is 0 Å². The van der Waals surface area contributed by atoms with Crippen LogP contribution in [-0.4, -0.2) is 88.3 Å². The molecule has 1 aliphatic rings. The van der Waals surface area contributed by atoms with Crippen molar-refractivity contribution in [3.05, 3.63) is 34.2 Å². The lowest BCUT2D eigenvalue weighted by Crippen LogP contribution is -2.47. The number of hydrogen-bond acceptors (Lipinski definition) is 8. The van der Waals surface area contributed by atoms with Crippen LogP contribution in [-0.2, 0) is 28.3 Å². The number of benzene rings is 1. The van der Waals surface area contributed by atoms with Gasteiger partial charge >= 0.3 is 5.97 Å². The molecule has 292 valence electrons. The molecule has 0 atom stereocenters. The van der Waals surface area contributed by atoms with Crippen LogP contribution in [0.5, 0.6) is 5.75 Å². The second-order valence-electron chi connectivity index (χ2n) is 14.0. The Labute approximate surface area is 311 Å². The summed E-state index contributed by atoms with van der Waals surface area (Å²) in [5, 5.41) is 13.0. The number of carbonyl (C=O) groups is 1. The maximum Gasteiger partial charge on any atom is 0.303 e. The molecule has 4 rings (SSSR count). The number of carboxylic acids is 1. The molecule has 13 heteroatoms. The van der Waals surface area contributed by atoms with Gasteiger partial charge in [0.25, 0.3) is 5.56 Å². The summed E-state index contributed by atoms with van der Waals surface area (Å²) in [5.74, 6) is 0.0638. The first-order valence-corrected chi connectivity index (χ1v) is 21.1. The molecule has 0 spiro atoms. The summed E-state index contributed by atoms with van der Waals surface area (Å²) in [6.07, 6.45) is 20.3. The van der Waals surface area contributed by atoms with Crippen molar-refractivity contribution >= 4 is 27.0 Å². The van der Waals surface area contributed by atoms with E-state index in [9.17, 15) is 18.0 Å². The molecule has 0 aliphatic carbocycles. The van der Waals surface area contributed by atoms with Crippen molar-refractivity contribution in [3.8, 4) is 17.1 Å². The highest BCUT2D eigenvalue weighted by atomic mass is 32.2. The molecule has 1 aromatic carbocycles. The predicted molar refractivity (Wildman–Crippen MR) is 209 cm³/mol. The molecule has 1 aliphatic heterocycles. The number of likely N-dealkylation sites (N-methyl/N-ethyl adjacent to an activating group) is 1. The third-order valence-corrected chi connectivity index (χ3v) is 11.5. The third-order valence-electron chi connectivity index (χ3n) is 9.60. The molecule has 0 radical (unpaired) electrons. The molecule has 0 unspecified atom stereocenters. The van der Waals surface area contributed by atoms with Gasteiger partial charge in [-0.2, -0.15) is 9.40 Å². The summed E-state index contributed by atoms with van der Waals surface area (Å²) >= 11 is 0. The van der Waals surface area contributed by atoms with Crippen LogP contribution < -0.4 is 10.3 Å². The molecule has 2 N–H and O–H groups in total. The van der Waals surface area contributed by atoms with Crippen molar-refractivity contribution in [3.63, 3.8) is 0 Å². The van der Waals surface area contributed by atoms with E-state index in [-0.39, 0.29) is 16.3 Å². The normalized spacial score (nSPS) is 14.0. The standard InChI is InChI=1S/C22H30N6O4S.C17H34O2/c1-5-7-17-19-20(27(4)25-17)22(29)24-21(23-19)16-14-15(8-9-18(16)32-6-2)33(30,31)28-12-10-26(3)11-13-28;1-2-3-4-5-6-7-8-9-10-11-12-13-14-15-16-17(18)19/h8-9,14H,5-7,10-13H2,1-4H3,(H,23,24,29);2-16H2,1H3,(H,18,19). The fourth-order valence-corrected chi connectivity index (χ4v) is 8.01. The number of aromatic amines is 1. The van der Waals surface area contributed by atoms with E-state index >= 15 is 0 Å². The first kappa shape index (κ1) is 43.1. The number of carboxylic acid groups (broad SMARTS) is 1. The number of nitrogens with zero attached hydrogens (tertiary/aromatic N) is 5. The second kappa shape index (κ2) is 22.7. The van der Waals surface area contributed by atoms with Gasteiger partial charge < -0.3 is 19.7 Å². The molecule has 1 saturated heterocycles. The van der Waals surface area contributed by atoms with Crippen LogP contribution in [0.2, 0.25) is 0 Å². The molecule has 0 bridgehead atoms. The van der Waals surface area contributed by atoms with Crippen molar-refractivity contribution in [2.24, 2.45) is 7.05 Å². The van der Waals surface area contributed by atoms with E-state index in [1.54, 1.807) is 25.2 Å². The predicted octanol–water partition coefficient (Wildman–Crippen LogP) is 7.55. The maximum atomic E-state index is 13.3. The first-order valence-electron chi connectivity index (χ1n) is 19.7. The van der Waals surface area contributed by atoms with Gasteiger partial charge in [0.05, 0.1) is 22.8 Å². The molecule has 1 fully saturated rings. The number of aromatic nitrogens is 4. The van der Waals surface area contributed by atoms with Crippen molar-refractivity contribution < 1.29 is 23.1 Å². The Morgan fingerprint density at radius 3 is 1.96 bits per heavy atom. The van der Waals surface area contributed by atoms with Crippen LogP contribution in [0.15, 0.2) is 27.9 Å². The molecule has 3 heterocycles. The Morgan fingerprint density at radius 1 is 0.846 bits per heavy atom. The van der Waals surface area contributed by atoms with Crippen molar-refractivity contribution in [1.29, 1.82) is 0 Å². The zero-order chi connectivity index (χ0) is 37.9. The molecular formula is C39H64N6O6S. The average molecular weight is 745 g/mol. The number of unbranched alkanes of at least 4 members (excludes halogenated alkanes) is 13. The van der Waals surface area contributed by atoms with E-state index in [1.165, 1.54) is 86.0 Å². The van der Waals surface area contributed by atoms with Gasteiger partial charge in [-0.3, -0.25) is 14.3 Å². The summed E-state index contributed by atoms with van der Waals surface area (Å²) in [6.45, 7) is 8.75. The van der Waals surface area contributed by atoms with Crippen LogP contribution in [0.4, 0.5) is 0 Å². The fourth-order valence-electron chi connectivity index (χ4n) is 6.56. The van der Waals surface area contributed by atoms with Gasteiger partial charge in [0.2, 0.25) is 10.0 Å². The van der Waals surface area contributed by atoms with Crippen LogP contribution in [0, 0.1) is 0 Å². The van der Waals surface area contributed by atoms with Crippen molar-refractivity contribution in [2.75, 3.05) is 39.8 Å². The van der Waals surface area contributed by atoms with Gasteiger partial charge in [0, 0.05) is 39.6 Å². The number of piperazine rings is 1. The molecule has 0 amide bonds. The smallest absolute Gasteiger partial charge is 0.303 e. The molecule has 52 heavy (non-hydrogen) atoms. The summed E-state index contributed by atoms with van der Waals surface area (Å²) in [5.41, 5.74) is 1.75. The number of nitrogens with one attached hydrogen (secondary N) is 1. The lowest BCUT2D eigenvalue weighted by Gasteiger charge is -2.31. The van der Waals surface area contributed by atoms with Crippen LogP contribution in [0.3, 0.4) is 0 Å². The molecule has 3 aromatic rings. The third kappa shape index (κ3) is 13.3. The van der Waals surface area contributed by atoms with Crippen LogP contribution >= 0.6 is 0 Å². The first-order chi connectivity index (χ1) is 25.0. The highest BCUT2D eigenvalue weighted by molar-refractivity contribution is 7.89. The van der Waals surface area contributed by atoms with Gasteiger partial charge in [0.15, 0.2) is 5.52 Å². The fraction of sp³-hybridized carbons (Fsp3) is 0.692. The van der Waals surface area contributed by atoms with Crippen LogP contribution in [0.1, 0.15) is 129 Å². The number of fused-ring (bicyclic) bond motifs is 1. The zero-order valence-electron chi connectivity index (χ0n) is 32.4. The average Bonchev–Trinajstić information content (AvgIpc) is 3.44. The van der Waals surface area contributed by atoms with Crippen molar-refractivity contribution in [1.82, 2.24) is 29.0 Å². The number of H-pyrrole nitrogens is 1. The molecule has 12 nitrogen and oxygen atoms in total. The Balaban J connectivity index is 0.000000329. The monoisotopic (exact) mass is 744 g/mol. The second-order valence-corrected chi connectivity index (χ2v) is 15.9. The number of aryl methyl sites for hydroxylation is 2. The minimum absolute atomic E-state index is 0.147. The Bertz CT molecular complexity index is 1680. The van der Waals surface area contributed by atoms with E-state index < -0.39 is 16.0 Å². The maximum absolute atomic E-state index is 13.3. The highest BCUT2D eigenvalue weighted by Crippen LogP contribution is 2.32. The molecular weight excluding hydrogens is 681 g/mol. The number of hydrogen-bond donors (Lipinski definition) is 2. The van der Waals surface area contributed by atoms with Gasteiger partial charge in [0.1, 0.15) is 17.1 Å². The summed E-state index contributed by atoms with van der Waals surface area (Å²) in [7, 11) is -0.00831. The van der Waals surface area contributed by atoms with E-state index in [1.807, 2.05) is 20.9 Å². The molecule has 0 saturated carbocycles. The summed E-state index contributed by atoms with van der Waals surface area (Å²) in [4.78, 5) is 33.0. The Kier molecular flexibility index (Phi) is 18.8. The minimum atomic E-state index is -3.70. The summed E-state index contributed by atoms with van der Waals surface area (Å²) in [6, 6.07) is 4.71. The van der Waals surface area contributed by atoms with Gasteiger partial charge in [-0.05, 0) is 45.0 Å². The SMILES string of the molecule is CCCCCCCCCCCCCCCCC(=O)O.CCCc1nn(C)c2c(=O)[nH]c(-c3cc(S(=O)(=O)N4CCN(C)CC4)ccc3OCC)nc12. The number of sulfonamides is 1. The lowest BCUT2D eigenvalue weighted by atomic mass is 10.0. The van der Waals surface area contributed by atoms with E-state index in [4.69, 9.17) is 14.8 Å². The zero-order valence-corrected chi connectivity index (χ0v) is 33.2. The number of aliphatic carboxylic acids is 1. The molecule has 2 aromatic heterocycles. The van der Waals surface area contributed by atoms with Gasteiger partial charge in [-0.25, -0.2) is 13.4 Å². The van der Waals surface area contributed by atoms with E-state index in [2.05, 4.69) is 21.9 Å². The highest BCUT2D eigenvalue weighted by Gasteiger charge is 2.29. The minimum Gasteiger partial charge on any atom is -0.493 e. The Hall–Kier alpha value is -3.29. The quantitative estimate of drug-likeness (QED) is 0.0994. The van der Waals surface area contributed by atoms with E-state index in [0.29, 0.717) is 68.0 Å². The topological polar surface area (TPSA) is 151 Å².